The first-order chi connectivity index (χ1) is 11.3. The highest BCUT2D eigenvalue weighted by atomic mass is 16.5. The molecule has 24 heavy (non-hydrogen) atoms. The van der Waals surface area contributed by atoms with Gasteiger partial charge in [0.25, 0.3) is 0 Å². The van der Waals surface area contributed by atoms with E-state index in [2.05, 4.69) is 20.8 Å². The monoisotopic (exact) mass is 324 g/mol. The number of rotatable bonds is 5. The number of amides is 1. The molecule has 4 heteroatoms. The molecule has 0 aliphatic rings. The maximum Gasteiger partial charge on any atom is 0.246 e. The molecule has 0 aliphatic heterocycles. The molecule has 0 spiro atoms. The van der Waals surface area contributed by atoms with Crippen molar-refractivity contribution in [1.82, 2.24) is 0 Å². The van der Waals surface area contributed by atoms with Gasteiger partial charge in [-0.1, -0.05) is 63.2 Å². The second kappa shape index (κ2) is 7.30. The van der Waals surface area contributed by atoms with Gasteiger partial charge in [0.1, 0.15) is 5.75 Å². The van der Waals surface area contributed by atoms with Crippen molar-refractivity contribution in [3.05, 3.63) is 65.7 Å². The number of nitrogens with two attached hydrogens (primary N) is 1. The number of hydrogen-bond donors (Lipinski definition) is 1. The first-order valence-corrected chi connectivity index (χ1v) is 7.90. The first kappa shape index (κ1) is 17.7. The molecule has 0 saturated carbocycles. The number of methoxy groups -OCH3 is 1. The Kier molecular flexibility index (Phi) is 5.39. The maximum absolute atomic E-state index is 12.0. The zero-order valence-electron chi connectivity index (χ0n) is 14.6. The van der Waals surface area contributed by atoms with Crippen molar-refractivity contribution in [2.24, 2.45) is 16.1 Å². The summed E-state index contributed by atoms with van der Waals surface area (Å²) in [5.41, 5.74) is 7.79. The van der Waals surface area contributed by atoms with Gasteiger partial charge in [0.2, 0.25) is 5.91 Å². The molecule has 2 aromatic rings. The number of carbonyl (C=O) groups excluding carboxylic acids is 1. The number of aliphatic imine (C=N–C) groups is 1. The second-order valence-corrected chi connectivity index (χ2v) is 6.64. The van der Waals surface area contributed by atoms with Crippen LogP contribution in [0.1, 0.15) is 37.9 Å². The van der Waals surface area contributed by atoms with Gasteiger partial charge in [0.15, 0.2) is 6.04 Å². The molecule has 2 aromatic carbocycles. The number of nitrogens with zero attached hydrogens (tertiary/aromatic N) is 1. The second-order valence-electron chi connectivity index (χ2n) is 6.64. The molecule has 0 radical (unpaired) electrons. The highest BCUT2D eigenvalue weighted by Gasteiger charge is 2.27. The van der Waals surface area contributed by atoms with E-state index in [0.29, 0.717) is 0 Å². The summed E-state index contributed by atoms with van der Waals surface area (Å²) in [6, 6.07) is 16.3. The van der Waals surface area contributed by atoms with Crippen molar-refractivity contribution in [3.8, 4) is 5.75 Å². The van der Waals surface area contributed by atoms with Gasteiger partial charge in [0.05, 0.1) is 12.8 Å². The first-order valence-electron chi connectivity index (χ1n) is 7.90. The van der Waals surface area contributed by atoms with Gasteiger partial charge in [-0.25, -0.2) is 0 Å². The van der Waals surface area contributed by atoms with Crippen molar-refractivity contribution in [2.75, 3.05) is 7.11 Å². The molecule has 0 aromatic heterocycles. The highest BCUT2D eigenvalue weighted by molar-refractivity contribution is 6.07. The topological polar surface area (TPSA) is 64.7 Å². The molecular weight excluding hydrogens is 300 g/mol. The summed E-state index contributed by atoms with van der Waals surface area (Å²) in [5.74, 6) is 0.250. The summed E-state index contributed by atoms with van der Waals surface area (Å²) >= 11 is 0. The summed E-state index contributed by atoms with van der Waals surface area (Å²) in [7, 11) is 1.63. The molecule has 4 nitrogen and oxygen atoms in total. The molecule has 0 heterocycles. The van der Waals surface area contributed by atoms with Crippen LogP contribution < -0.4 is 10.5 Å². The van der Waals surface area contributed by atoms with Crippen LogP contribution in [-0.4, -0.2) is 18.7 Å². The molecule has 126 valence electrons. The van der Waals surface area contributed by atoms with Crippen LogP contribution in [0.2, 0.25) is 0 Å². The average Bonchev–Trinajstić information content (AvgIpc) is 2.55. The van der Waals surface area contributed by atoms with Gasteiger partial charge >= 0.3 is 0 Å². The quantitative estimate of drug-likeness (QED) is 0.851. The van der Waals surface area contributed by atoms with Gasteiger partial charge in [-0.05, 0) is 17.7 Å². The van der Waals surface area contributed by atoms with Crippen LogP contribution in [0, 0.1) is 5.41 Å². The van der Waals surface area contributed by atoms with E-state index in [0.717, 1.165) is 22.6 Å². The molecule has 2 rings (SSSR count). The van der Waals surface area contributed by atoms with Crippen molar-refractivity contribution < 1.29 is 9.53 Å². The number of hydrogen-bond acceptors (Lipinski definition) is 3. The minimum atomic E-state index is -0.731. The zero-order chi connectivity index (χ0) is 17.7. The van der Waals surface area contributed by atoms with Crippen LogP contribution in [0.15, 0.2) is 59.6 Å². The summed E-state index contributed by atoms with van der Waals surface area (Å²) in [4.78, 5) is 16.8. The number of ether oxygens (including phenoxy) is 1. The van der Waals surface area contributed by atoms with Crippen LogP contribution in [0.3, 0.4) is 0 Å². The van der Waals surface area contributed by atoms with Crippen molar-refractivity contribution >= 4 is 11.6 Å². The molecular formula is C20H24N2O2. The molecule has 1 unspecified atom stereocenters. The Hall–Kier alpha value is -2.62. The fourth-order valence-electron chi connectivity index (χ4n) is 2.57. The lowest BCUT2D eigenvalue weighted by molar-refractivity contribution is -0.119. The predicted molar refractivity (Wildman–Crippen MR) is 97.4 cm³/mol. The van der Waals surface area contributed by atoms with Gasteiger partial charge < -0.3 is 10.5 Å². The van der Waals surface area contributed by atoms with E-state index in [-0.39, 0.29) is 5.41 Å². The van der Waals surface area contributed by atoms with Gasteiger partial charge in [-0.2, -0.15) is 0 Å². The van der Waals surface area contributed by atoms with E-state index in [4.69, 9.17) is 15.5 Å². The highest BCUT2D eigenvalue weighted by Crippen LogP contribution is 2.31. The molecule has 2 N–H and O–H groups in total. The van der Waals surface area contributed by atoms with Gasteiger partial charge in [0, 0.05) is 11.0 Å². The molecule has 0 bridgehead atoms. The van der Waals surface area contributed by atoms with Crippen LogP contribution in [0.4, 0.5) is 0 Å². The normalized spacial score (nSPS) is 13.4. The Bertz CT molecular complexity index is 731. The standard InChI is InChI=1S/C20H24N2O2/c1-20(2,3)18(15-12-8-9-13-16(15)24-4)22-17(19(21)23)14-10-6-5-7-11-14/h5-13,17H,1-4H3,(H2,21,23). The summed E-state index contributed by atoms with van der Waals surface area (Å²) in [6.07, 6.45) is 0. The lowest BCUT2D eigenvalue weighted by Gasteiger charge is -2.25. The van der Waals surface area contributed by atoms with Crippen LogP contribution in [-0.2, 0) is 4.79 Å². The third-order valence-electron chi connectivity index (χ3n) is 3.72. The summed E-state index contributed by atoms with van der Waals surface area (Å²) < 4.78 is 5.47. The molecule has 0 aliphatic carbocycles. The van der Waals surface area contributed by atoms with E-state index in [1.54, 1.807) is 7.11 Å². The number of primary amides is 1. The van der Waals surface area contributed by atoms with E-state index < -0.39 is 11.9 Å². The molecule has 0 fully saturated rings. The molecule has 0 saturated heterocycles. The fraction of sp³-hybridized carbons (Fsp3) is 0.300. The van der Waals surface area contributed by atoms with Crippen molar-refractivity contribution in [1.29, 1.82) is 0 Å². The van der Waals surface area contributed by atoms with E-state index in [1.165, 1.54) is 0 Å². The smallest absolute Gasteiger partial charge is 0.246 e. The number of carbonyl (C=O) groups is 1. The minimum Gasteiger partial charge on any atom is -0.496 e. The Morgan fingerprint density at radius 1 is 1.04 bits per heavy atom. The summed E-state index contributed by atoms with van der Waals surface area (Å²) in [6.45, 7) is 6.17. The molecule has 1 amide bonds. The SMILES string of the molecule is COc1ccccc1C(=NC(C(N)=O)c1ccccc1)C(C)(C)C. The van der Waals surface area contributed by atoms with Crippen molar-refractivity contribution in [2.45, 2.75) is 26.8 Å². The fourth-order valence-corrected chi connectivity index (χ4v) is 2.57. The Labute approximate surface area is 143 Å². The van der Waals surface area contributed by atoms with Crippen LogP contribution >= 0.6 is 0 Å². The van der Waals surface area contributed by atoms with E-state index in [1.807, 2.05) is 54.6 Å². The summed E-state index contributed by atoms with van der Waals surface area (Å²) in [5, 5.41) is 0. The van der Waals surface area contributed by atoms with Crippen molar-refractivity contribution in [3.63, 3.8) is 0 Å². The van der Waals surface area contributed by atoms with E-state index in [9.17, 15) is 4.79 Å². The Balaban J connectivity index is 2.62. The Morgan fingerprint density at radius 3 is 2.17 bits per heavy atom. The van der Waals surface area contributed by atoms with Gasteiger partial charge in [-0.3, -0.25) is 9.79 Å². The van der Waals surface area contributed by atoms with Crippen LogP contribution in [0.5, 0.6) is 5.75 Å². The minimum absolute atomic E-state index is 0.281. The average molecular weight is 324 g/mol. The van der Waals surface area contributed by atoms with E-state index >= 15 is 0 Å². The van der Waals surface area contributed by atoms with Crippen LogP contribution in [0.25, 0.3) is 0 Å². The third kappa shape index (κ3) is 4.02. The largest absolute Gasteiger partial charge is 0.496 e. The third-order valence-corrected chi connectivity index (χ3v) is 3.72. The number of para-hydroxylation sites is 1. The molecule has 1 atom stereocenters. The zero-order valence-corrected chi connectivity index (χ0v) is 14.6. The Morgan fingerprint density at radius 2 is 1.62 bits per heavy atom. The van der Waals surface area contributed by atoms with Gasteiger partial charge in [-0.15, -0.1) is 0 Å². The lowest BCUT2D eigenvalue weighted by Crippen LogP contribution is -2.27. The lowest BCUT2D eigenvalue weighted by atomic mass is 9.84. The number of benzene rings is 2. The maximum atomic E-state index is 12.0. The predicted octanol–water partition coefficient (Wildman–Crippen LogP) is 3.76.